The van der Waals surface area contributed by atoms with Crippen LogP contribution in [0.4, 0.5) is 10.1 Å². The Hall–Kier alpha value is -1.35. The molecule has 0 fully saturated rings. The van der Waals surface area contributed by atoms with Gasteiger partial charge in [0.25, 0.3) is 0 Å². The lowest BCUT2D eigenvalue weighted by atomic mass is 9.96. The summed E-state index contributed by atoms with van der Waals surface area (Å²) in [6.45, 7) is 6.39. The molecule has 2 aromatic carbocycles. The summed E-state index contributed by atoms with van der Waals surface area (Å²) in [5.74, 6) is 0.322. The van der Waals surface area contributed by atoms with Crippen molar-refractivity contribution in [3.05, 3.63) is 63.9 Å². The maximum absolute atomic E-state index is 13.8. The molecule has 0 aliphatic rings. The van der Waals surface area contributed by atoms with Gasteiger partial charge in [0, 0.05) is 5.69 Å². The molecule has 1 atom stereocenters. The number of nitrogens with one attached hydrogen (secondary N) is 1. The summed E-state index contributed by atoms with van der Waals surface area (Å²) in [5, 5.41) is 3.50. The zero-order valence-corrected chi connectivity index (χ0v) is 14.2. The average Bonchev–Trinajstić information content (AvgIpc) is 2.44. The molecule has 0 spiro atoms. The molecule has 0 radical (unpaired) electrons. The topological polar surface area (TPSA) is 12.0 Å². The van der Waals surface area contributed by atoms with Crippen LogP contribution in [0.2, 0.25) is 0 Å². The molecule has 3 heteroatoms. The Morgan fingerprint density at radius 1 is 1.14 bits per heavy atom. The SMILES string of the molecule is Cc1cc(Br)c(F)cc1NC(CC(C)C)c1ccccc1. The van der Waals surface area contributed by atoms with Gasteiger partial charge in [0.05, 0.1) is 10.5 Å². The fraction of sp³-hybridized carbons (Fsp3) is 0.333. The van der Waals surface area contributed by atoms with E-state index >= 15 is 0 Å². The molecule has 2 aromatic rings. The summed E-state index contributed by atoms with van der Waals surface area (Å²) in [7, 11) is 0. The molecule has 2 rings (SSSR count). The van der Waals surface area contributed by atoms with E-state index in [4.69, 9.17) is 0 Å². The second-order valence-corrected chi connectivity index (χ2v) is 6.67. The van der Waals surface area contributed by atoms with Crippen LogP contribution in [0.3, 0.4) is 0 Å². The van der Waals surface area contributed by atoms with Gasteiger partial charge >= 0.3 is 0 Å². The second-order valence-electron chi connectivity index (χ2n) is 5.82. The molecule has 1 nitrogen and oxygen atoms in total. The fourth-order valence-corrected chi connectivity index (χ4v) is 2.88. The molecular weight excluding hydrogens is 329 g/mol. The Labute approximate surface area is 134 Å². The highest BCUT2D eigenvalue weighted by molar-refractivity contribution is 9.10. The van der Waals surface area contributed by atoms with E-state index in [-0.39, 0.29) is 11.9 Å². The zero-order chi connectivity index (χ0) is 15.4. The largest absolute Gasteiger partial charge is 0.378 e. The number of aryl methyl sites for hydroxylation is 1. The van der Waals surface area contributed by atoms with Crippen LogP contribution in [0.25, 0.3) is 0 Å². The molecule has 0 saturated heterocycles. The van der Waals surface area contributed by atoms with Gasteiger partial charge in [-0.05, 0) is 58.5 Å². The number of hydrogen-bond donors (Lipinski definition) is 1. The first-order valence-corrected chi connectivity index (χ1v) is 8.03. The van der Waals surface area contributed by atoms with E-state index in [0.717, 1.165) is 17.7 Å². The first-order valence-electron chi connectivity index (χ1n) is 7.24. The fourth-order valence-electron chi connectivity index (χ4n) is 2.42. The Balaban J connectivity index is 2.29. The van der Waals surface area contributed by atoms with Crippen LogP contribution in [0.1, 0.15) is 37.4 Å². The predicted octanol–water partition coefficient (Wildman–Crippen LogP) is 6.10. The average molecular weight is 350 g/mol. The molecular formula is C18H21BrFN. The summed E-state index contributed by atoms with van der Waals surface area (Å²) in [5.41, 5.74) is 3.12. The molecule has 0 saturated carbocycles. The highest BCUT2D eigenvalue weighted by Crippen LogP contribution is 2.30. The first-order chi connectivity index (χ1) is 9.97. The maximum atomic E-state index is 13.8. The van der Waals surface area contributed by atoms with Crippen molar-refractivity contribution in [1.82, 2.24) is 0 Å². The van der Waals surface area contributed by atoms with Crippen molar-refractivity contribution in [1.29, 1.82) is 0 Å². The minimum atomic E-state index is -0.237. The predicted molar refractivity (Wildman–Crippen MR) is 91.1 cm³/mol. The van der Waals surface area contributed by atoms with E-state index < -0.39 is 0 Å². The maximum Gasteiger partial charge on any atom is 0.139 e. The Bertz CT molecular complexity index is 596. The lowest BCUT2D eigenvalue weighted by Crippen LogP contribution is -2.14. The summed E-state index contributed by atoms with van der Waals surface area (Å²) in [4.78, 5) is 0. The molecule has 0 amide bonds. The van der Waals surface area contributed by atoms with E-state index in [1.807, 2.05) is 31.2 Å². The van der Waals surface area contributed by atoms with E-state index in [0.29, 0.717) is 10.4 Å². The van der Waals surface area contributed by atoms with Crippen molar-refractivity contribution < 1.29 is 4.39 Å². The Morgan fingerprint density at radius 2 is 1.81 bits per heavy atom. The van der Waals surface area contributed by atoms with Gasteiger partial charge in [0.15, 0.2) is 0 Å². The number of halogens is 2. The molecule has 0 bridgehead atoms. The standard InChI is InChI=1S/C18H21BrFN/c1-12(2)9-18(14-7-5-4-6-8-14)21-17-11-16(20)15(19)10-13(17)3/h4-8,10-12,18,21H,9H2,1-3H3. The lowest BCUT2D eigenvalue weighted by Gasteiger charge is -2.23. The number of benzene rings is 2. The molecule has 0 aromatic heterocycles. The van der Waals surface area contributed by atoms with E-state index in [9.17, 15) is 4.39 Å². The highest BCUT2D eigenvalue weighted by Gasteiger charge is 2.15. The van der Waals surface area contributed by atoms with Gasteiger partial charge in [0.1, 0.15) is 5.82 Å². The number of rotatable bonds is 5. The van der Waals surface area contributed by atoms with Gasteiger partial charge in [-0.2, -0.15) is 0 Å². The molecule has 0 heterocycles. The van der Waals surface area contributed by atoms with Crippen molar-refractivity contribution in [3.8, 4) is 0 Å². The van der Waals surface area contributed by atoms with Crippen LogP contribution in [0.15, 0.2) is 46.9 Å². The smallest absolute Gasteiger partial charge is 0.139 e. The van der Waals surface area contributed by atoms with Gasteiger partial charge in [-0.1, -0.05) is 44.2 Å². The van der Waals surface area contributed by atoms with Crippen molar-refractivity contribution >= 4 is 21.6 Å². The van der Waals surface area contributed by atoms with Crippen LogP contribution in [0, 0.1) is 18.7 Å². The summed E-state index contributed by atoms with van der Waals surface area (Å²) in [6, 6.07) is 13.9. The van der Waals surface area contributed by atoms with E-state index in [2.05, 4.69) is 47.2 Å². The van der Waals surface area contributed by atoms with Crippen LogP contribution in [-0.2, 0) is 0 Å². The van der Waals surface area contributed by atoms with E-state index in [1.165, 1.54) is 5.56 Å². The number of hydrogen-bond acceptors (Lipinski definition) is 1. The van der Waals surface area contributed by atoms with Gasteiger partial charge in [-0.3, -0.25) is 0 Å². The summed E-state index contributed by atoms with van der Waals surface area (Å²) >= 11 is 3.23. The van der Waals surface area contributed by atoms with Crippen molar-refractivity contribution in [2.24, 2.45) is 5.92 Å². The minimum absolute atomic E-state index is 0.186. The minimum Gasteiger partial charge on any atom is -0.378 e. The van der Waals surface area contributed by atoms with Crippen LogP contribution >= 0.6 is 15.9 Å². The van der Waals surface area contributed by atoms with Crippen LogP contribution < -0.4 is 5.32 Å². The molecule has 0 aliphatic carbocycles. The summed E-state index contributed by atoms with van der Waals surface area (Å²) in [6.07, 6.45) is 1.00. The highest BCUT2D eigenvalue weighted by atomic mass is 79.9. The first kappa shape index (κ1) is 16.0. The van der Waals surface area contributed by atoms with Gasteiger partial charge < -0.3 is 5.32 Å². The molecule has 0 aliphatic heterocycles. The van der Waals surface area contributed by atoms with Crippen LogP contribution in [-0.4, -0.2) is 0 Å². The lowest BCUT2D eigenvalue weighted by molar-refractivity contribution is 0.530. The third-order valence-electron chi connectivity index (χ3n) is 3.51. The van der Waals surface area contributed by atoms with Gasteiger partial charge in [-0.15, -0.1) is 0 Å². The Morgan fingerprint density at radius 3 is 2.43 bits per heavy atom. The second kappa shape index (κ2) is 7.08. The van der Waals surface area contributed by atoms with Crippen molar-refractivity contribution in [2.45, 2.75) is 33.2 Å². The summed E-state index contributed by atoms with van der Waals surface area (Å²) < 4.78 is 14.3. The van der Waals surface area contributed by atoms with Crippen molar-refractivity contribution in [2.75, 3.05) is 5.32 Å². The monoisotopic (exact) mass is 349 g/mol. The van der Waals surface area contributed by atoms with Crippen molar-refractivity contribution in [3.63, 3.8) is 0 Å². The molecule has 21 heavy (non-hydrogen) atoms. The molecule has 1 unspecified atom stereocenters. The normalized spacial score (nSPS) is 12.5. The third-order valence-corrected chi connectivity index (χ3v) is 4.11. The Kier molecular flexibility index (Phi) is 5.40. The quantitative estimate of drug-likeness (QED) is 0.687. The van der Waals surface area contributed by atoms with Gasteiger partial charge in [-0.25, -0.2) is 4.39 Å². The zero-order valence-electron chi connectivity index (χ0n) is 12.7. The van der Waals surface area contributed by atoms with Gasteiger partial charge in [0.2, 0.25) is 0 Å². The van der Waals surface area contributed by atoms with Crippen LogP contribution in [0.5, 0.6) is 0 Å². The number of anilines is 1. The van der Waals surface area contributed by atoms with E-state index in [1.54, 1.807) is 6.07 Å². The molecule has 1 N–H and O–H groups in total. The third kappa shape index (κ3) is 4.31. The molecule has 112 valence electrons.